The number of aryl methyl sites for hydroxylation is 1. The number of nitrogens with zero attached hydrogens (tertiary/aromatic N) is 3. The largest absolute Gasteiger partial charge is 0.507 e. The second-order valence-electron chi connectivity index (χ2n) is 8.81. The number of benzene rings is 3. The van der Waals surface area contributed by atoms with Gasteiger partial charge in [0.1, 0.15) is 9.97 Å². The highest BCUT2D eigenvalue weighted by molar-refractivity contribution is 7.93. The van der Waals surface area contributed by atoms with E-state index in [1.165, 1.54) is 6.07 Å². The molecule has 1 aromatic heterocycles. The van der Waals surface area contributed by atoms with Crippen LogP contribution in [0.4, 0.5) is 10.8 Å². The van der Waals surface area contributed by atoms with Gasteiger partial charge in [0, 0.05) is 22.7 Å². The van der Waals surface area contributed by atoms with E-state index in [0.717, 1.165) is 40.9 Å². The number of anilines is 1. The maximum atomic E-state index is 13.4. The molecule has 5 rings (SSSR count). The zero-order valence-electron chi connectivity index (χ0n) is 20.5. The molecule has 0 radical (unpaired) electrons. The Morgan fingerprint density at radius 3 is 2.38 bits per heavy atom. The lowest BCUT2D eigenvalue weighted by molar-refractivity contribution is -0.384. The van der Waals surface area contributed by atoms with Crippen molar-refractivity contribution in [1.29, 1.82) is 0 Å². The van der Waals surface area contributed by atoms with Crippen molar-refractivity contribution in [3.63, 3.8) is 0 Å². The standard InChI is InChI=1S/C27H18ClN3O7S2/c1-15-5-7-16(8-6-15)24(32)22-23(17-3-2-4-18(28)13-17)30(26(34)25(22)33)27-29-14-21(39-27)40(37,38)20-11-9-19(10-12-20)31(35)36/h2-14,23,32H,1H3/b24-22+/t23-/m1/s1. The Labute approximate surface area is 236 Å². The van der Waals surface area contributed by atoms with Crippen molar-refractivity contribution < 1.29 is 28.0 Å². The van der Waals surface area contributed by atoms with E-state index in [4.69, 9.17) is 11.6 Å². The van der Waals surface area contributed by atoms with Crippen LogP contribution in [0, 0.1) is 17.0 Å². The summed E-state index contributed by atoms with van der Waals surface area (Å²) < 4.78 is 26.2. The van der Waals surface area contributed by atoms with Gasteiger partial charge in [-0.15, -0.1) is 0 Å². The van der Waals surface area contributed by atoms with Gasteiger partial charge in [-0.1, -0.05) is 64.9 Å². The van der Waals surface area contributed by atoms with Crippen LogP contribution >= 0.6 is 22.9 Å². The van der Waals surface area contributed by atoms with Gasteiger partial charge in [0.15, 0.2) is 5.13 Å². The number of carbonyl (C=O) groups is 2. The number of nitro benzene ring substituents is 1. The zero-order valence-corrected chi connectivity index (χ0v) is 22.9. The third-order valence-corrected chi connectivity index (χ3v) is 9.70. The number of ketones is 1. The lowest BCUT2D eigenvalue weighted by atomic mass is 9.95. The van der Waals surface area contributed by atoms with Crippen LogP contribution in [0.15, 0.2) is 93.7 Å². The van der Waals surface area contributed by atoms with Crippen LogP contribution in [0.3, 0.4) is 0 Å². The summed E-state index contributed by atoms with van der Waals surface area (Å²) >= 11 is 6.86. The Hall–Kier alpha value is -4.39. The van der Waals surface area contributed by atoms with Crippen molar-refractivity contribution in [3.8, 4) is 0 Å². The molecule has 1 aliphatic heterocycles. The minimum atomic E-state index is -4.16. The van der Waals surface area contributed by atoms with Crippen molar-refractivity contribution in [3.05, 3.63) is 116 Å². The van der Waals surface area contributed by atoms with Crippen LogP contribution in [0.25, 0.3) is 5.76 Å². The van der Waals surface area contributed by atoms with Gasteiger partial charge >= 0.3 is 5.91 Å². The molecule has 1 aliphatic rings. The highest BCUT2D eigenvalue weighted by Gasteiger charge is 2.48. The number of aliphatic hydroxyl groups excluding tert-OH is 1. The van der Waals surface area contributed by atoms with E-state index >= 15 is 0 Å². The number of aromatic nitrogens is 1. The van der Waals surface area contributed by atoms with Gasteiger partial charge in [-0.05, 0) is 36.8 Å². The number of halogens is 1. The average molecular weight is 596 g/mol. The summed E-state index contributed by atoms with van der Waals surface area (Å²) in [5.41, 5.74) is 1.16. The van der Waals surface area contributed by atoms with Gasteiger partial charge in [-0.25, -0.2) is 13.4 Å². The molecule has 1 atom stereocenters. The Bertz CT molecular complexity index is 1820. The molecule has 202 valence electrons. The van der Waals surface area contributed by atoms with Crippen LogP contribution in [-0.2, 0) is 19.4 Å². The lowest BCUT2D eigenvalue weighted by Crippen LogP contribution is -2.29. The first-order valence-corrected chi connectivity index (χ1v) is 14.3. The van der Waals surface area contributed by atoms with Crippen LogP contribution in [0.2, 0.25) is 5.02 Å². The predicted octanol–water partition coefficient (Wildman–Crippen LogP) is 5.47. The highest BCUT2D eigenvalue weighted by atomic mass is 35.5. The van der Waals surface area contributed by atoms with Crippen molar-refractivity contribution in [2.45, 2.75) is 22.1 Å². The van der Waals surface area contributed by atoms with Gasteiger partial charge in [0.2, 0.25) is 9.84 Å². The molecule has 4 aromatic rings. The maximum absolute atomic E-state index is 13.4. The molecule has 13 heteroatoms. The average Bonchev–Trinajstić information content (AvgIpc) is 3.52. The van der Waals surface area contributed by atoms with E-state index in [1.807, 2.05) is 6.92 Å². The number of Topliss-reactive ketones (excluding diaryl/α,β-unsaturated/α-hetero) is 1. The van der Waals surface area contributed by atoms with E-state index in [1.54, 1.807) is 42.5 Å². The Morgan fingerprint density at radius 2 is 1.75 bits per heavy atom. The van der Waals surface area contributed by atoms with Gasteiger partial charge in [-0.3, -0.25) is 24.6 Å². The number of nitro groups is 1. The molecule has 40 heavy (non-hydrogen) atoms. The first-order chi connectivity index (χ1) is 19.0. The minimum Gasteiger partial charge on any atom is -0.507 e. The number of hydrogen-bond acceptors (Lipinski definition) is 9. The van der Waals surface area contributed by atoms with Crippen molar-refractivity contribution in [2.75, 3.05) is 4.90 Å². The van der Waals surface area contributed by atoms with Crippen LogP contribution in [-0.4, -0.2) is 35.1 Å². The van der Waals surface area contributed by atoms with Gasteiger partial charge in [0.25, 0.3) is 11.5 Å². The number of sulfone groups is 1. The summed E-state index contributed by atoms with van der Waals surface area (Å²) in [5.74, 6) is -2.38. The summed E-state index contributed by atoms with van der Waals surface area (Å²) in [6.07, 6.45) is 1.05. The molecule has 1 N–H and O–H groups in total. The summed E-state index contributed by atoms with van der Waals surface area (Å²) in [6.45, 7) is 1.86. The normalized spacial score (nSPS) is 16.9. The van der Waals surface area contributed by atoms with Crippen molar-refractivity contribution in [2.24, 2.45) is 0 Å². The van der Waals surface area contributed by atoms with Crippen molar-refractivity contribution in [1.82, 2.24) is 4.98 Å². The van der Waals surface area contributed by atoms with Gasteiger partial charge in [-0.2, -0.15) is 0 Å². The molecule has 10 nitrogen and oxygen atoms in total. The predicted molar refractivity (Wildman–Crippen MR) is 148 cm³/mol. The SMILES string of the molecule is Cc1ccc(/C(O)=C2\C(=O)C(=O)N(c3ncc(S(=O)(=O)c4ccc([N+](=O)[O-])cc4)s3)[C@@H]2c2cccc(Cl)c2)cc1. The monoisotopic (exact) mass is 595 g/mol. The molecular weight excluding hydrogens is 578 g/mol. The summed E-state index contributed by atoms with van der Waals surface area (Å²) in [5, 5.41) is 22.4. The quantitative estimate of drug-likeness (QED) is 0.101. The zero-order chi connectivity index (χ0) is 28.8. The van der Waals surface area contributed by atoms with Crippen LogP contribution in [0.5, 0.6) is 0 Å². The van der Waals surface area contributed by atoms with E-state index in [9.17, 15) is 33.2 Å². The van der Waals surface area contributed by atoms with Gasteiger partial charge < -0.3 is 5.11 Å². The molecule has 0 bridgehead atoms. The Balaban J connectivity index is 1.62. The smallest absolute Gasteiger partial charge is 0.301 e. The first-order valence-electron chi connectivity index (χ1n) is 11.6. The molecule has 1 amide bonds. The molecule has 1 saturated heterocycles. The molecule has 2 heterocycles. The number of non-ortho nitro benzene ring substituents is 1. The second kappa shape index (κ2) is 10.3. The second-order valence-corrected chi connectivity index (χ2v) is 12.4. The molecular formula is C27H18ClN3O7S2. The fourth-order valence-corrected chi connectivity index (χ4v) is 6.98. The van der Waals surface area contributed by atoms with E-state index in [-0.39, 0.29) is 25.5 Å². The number of rotatable bonds is 6. The summed E-state index contributed by atoms with van der Waals surface area (Å²) in [7, 11) is -4.16. The number of thiazole rings is 1. The third kappa shape index (κ3) is 4.76. The minimum absolute atomic E-state index is 0.101. The van der Waals surface area contributed by atoms with Crippen molar-refractivity contribution >= 4 is 61.0 Å². The topological polar surface area (TPSA) is 148 Å². The molecule has 0 spiro atoms. The van der Waals surface area contributed by atoms with E-state index in [0.29, 0.717) is 27.5 Å². The molecule has 1 fully saturated rings. The Morgan fingerprint density at radius 1 is 1.07 bits per heavy atom. The number of amides is 1. The number of aliphatic hydroxyl groups is 1. The third-order valence-electron chi connectivity index (χ3n) is 6.23. The highest BCUT2D eigenvalue weighted by Crippen LogP contribution is 2.44. The first kappa shape index (κ1) is 27.2. The molecule has 3 aromatic carbocycles. The fourth-order valence-electron chi connectivity index (χ4n) is 4.24. The molecule has 0 aliphatic carbocycles. The van der Waals surface area contributed by atoms with Gasteiger partial charge in [0.05, 0.1) is 27.6 Å². The number of hydrogen-bond donors (Lipinski definition) is 1. The van der Waals surface area contributed by atoms with E-state index < -0.39 is 38.3 Å². The molecule has 0 unspecified atom stereocenters. The Kier molecular flexibility index (Phi) is 7.00. The van der Waals surface area contributed by atoms with Crippen LogP contribution in [0.1, 0.15) is 22.7 Å². The summed E-state index contributed by atoms with van der Waals surface area (Å²) in [4.78, 5) is 41.9. The molecule has 0 saturated carbocycles. The van der Waals surface area contributed by atoms with Crippen LogP contribution < -0.4 is 4.90 Å². The van der Waals surface area contributed by atoms with E-state index in [2.05, 4.69) is 4.98 Å². The maximum Gasteiger partial charge on any atom is 0.301 e. The number of carbonyl (C=O) groups excluding carboxylic acids is 2. The summed E-state index contributed by atoms with van der Waals surface area (Å²) in [6, 6.07) is 16.3. The lowest BCUT2D eigenvalue weighted by Gasteiger charge is -2.23. The fraction of sp³-hybridized carbons (Fsp3) is 0.0741.